The Kier molecular flexibility index (Phi) is 4.78. The molecule has 0 heterocycles. The van der Waals surface area contributed by atoms with E-state index in [0.717, 1.165) is 6.42 Å². The smallest absolute Gasteiger partial charge is 0.211 e. The van der Waals surface area contributed by atoms with Crippen molar-refractivity contribution in [2.24, 2.45) is 5.92 Å². The van der Waals surface area contributed by atoms with Crippen LogP contribution in [0.4, 0.5) is 0 Å². The fourth-order valence-electron chi connectivity index (χ4n) is 0.961. The number of nitrogens with zero attached hydrogens (tertiary/aromatic N) is 1. The van der Waals surface area contributed by atoms with Crippen molar-refractivity contribution in [3.05, 3.63) is 0 Å². The van der Waals surface area contributed by atoms with Crippen molar-refractivity contribution in [1.82, 2.24) is 4.31 Å². The Morgan fingerprint density at radius 2 is 1.83 bits per heavy atom. The average molecular weight is 193 g/mol. The first-order valence-corrected chi connectivity index (χ1v) is 6.17. The van der Waals surface area contributed by atoms with E-state index in [2.05, 4.69) is 13.8 Å². The third kappa shape index (κ3) is 4.72. The van der Waals surface area contributed by atoms with Crippen LogP contribution in [0.5, 0.6) is 0 Å². The summed E-state index contributed by atoms with van der Waals surface area (Å²) in [6.45, 7) is 7.27. The Labute approximate surface area is 75.8 Å². The van der Waals surface area contributed by atoms with E-state index in [1.165, 1.54) is 10.6 Å². The van der Waals surface area contributed by atoms with Gasteiger partial charge in [-0.15, -0.1) is 0 Å². The fourth-order valence-corrected chi connectivity index (χ4v) is 1.87. The summed E-state index contributed by atoms with van der Waals surface area (Å²) in [4.78, 5) is 0. The highest BCUT2D eigenvalue weighted by Crippen LogP contribution is 2.04. The minimum absolute atomic E-state index is 0.556. The van der Waals surface area contributed by atoms with E-state index in [9.17, 15) is 8.42 Å². The van der Waals surface area contributed by atoms with Crippen molar-refractivity contribution < 1.29 is 8.42 Å². The summed E-state index contributed by atoms with van der Waals surface area (Å²) < 4.78 is 23.7. The summed E-state index contributed by atoms with van der Waals surface area (Å²) >= 11 is 0. The molecule has 0 rings (SSSR count). The third-order valence-corrected chi connectivity index (χ3v) is 3.16. The molecule has 3 nitrogen and oxygen atoms in total. The summed E-state index contributed by atoms with van der Waals surface area (Å²) in [5, 5.41) is 0. The fraction of sp³-hybridized carbons (Fsp3) is 1.00. The van der Waals surface area contributed by atoms with Crippen LogP contribution in [0.1, 0.15) is 27.2 Å². The number of sulfonamides is 1. The molecule has 0 atom stereocenters. The lowest BCUT2D eigenvalue weighted by molar-refractivity contribution is 0.396. The third-order valence-electron chi connectivity index (χ3n) is 1.78. The Bertz CT molecular complexity index is 209. The van der Waals surface area contributed by atoms with Crippen LogP contribution in [0, 0.1) is 5.92 Å². The van der Waals surface area contributed by atoms with Gasteiger partial charge in [0.1, 0.15) is 0 Å². The predicted molar refractivity (Wildman–Crippen MR) is 51.5 cm³/mol. The molecule has 12 heavy (non-hydrogen) atoms. The molecule has 4 heteroatoms. The monoisotopic (exact) mass is 193 g/mol. The van der Waals surface area contributed by atoms with E-state index >= 15 is 0 Å². The Morgan fingerprint density at radius 1 is 1.33 bits per heavy atom. The maximum Gasteiger partial charge on any atom is 0.211 e. The van der Waals surface area contributed by atoms with E-state index in [-0.39, 0.29) is 0 Å². The first kappa shape index (κ1) is 11.9. The SMILES string of the molecule is CCN(CCC(C)C)S(C)(=O)=O. The van der Waals surface area contributed by atoms with Crippen LogP contribution in [-0.2, 0) is 10.0 Å². The molecule has 74 valence electrons. The molecule has 0 saturated carbocycles. The topological polar surface area (TPSA) is 37.4 Å². The molecule has 0 saturated heterocycles. The molecular weight excluding hydrogens is 174 g/mol. The molecule has 0 aromatic carbocycles. The van der Waals surface area contributed by atoms with E-state index in [1.54, 1.807) is 0 Å². The van der Waals surface area contributed by atoms with Gasteiger partial charge in [0, 0.05) is 13.1 Å². The molecule has 0 aromatic rings. The molecule has 0 aliphatic carbocycles. The largest absolute Gasteiger partial charge is 0.213 e. The first-order valence-electron chi connectivity index (χ1n) is 4.33. The zero-order valence-electron chi connectivity index (χ0n) is 8.37. The molecule has 0 aromatic heterocycles. The second kappa shape index (κ2) is 4.82. The maximum atomic E-state index is 11.1. The zero-order valence-corrected chi connectivity index (χ0v) is 9.19. The highest BCUT2D eigenvalue weighted by atomic mass is 32.2. The lowest BCUT2D eigenvalue weighted by atomic mass is 10.1. The van der Waals surface area contributed by atoms with Crippen LogP contribution in [0.3, 0.4) is 0 Å². The molecule has 0 amide bonds. The van der Waals surface area contributed by atoms with Gasteiger partial charge >= 0.3 is 0 Å². The summed E-state index contributed by atoms with van der Waals surface area (Å²) in [7, 11) is -2.98. The Hall–Kier alpha value is -0.0900. The second-order valence-electron chi connectivity index (χ2n) is 3.44. The summed E-state index contributed by atoms with van der Waals surface area (Å²) in [5.74, 6) is 0.556. The van der Waals surface area contributed by atoms with Crippen LogP contribution < -0.4 is 0 Å². The van der Waals surface area contributed by atoms with Crippen LogP contribution in [0.2, 0.25) is 0 Å². The van der Waals surface area contributed by atoms with Gasteiger partial charge in [-0.3, -0.25) is 0 Å². The van der Waals surface area contributed by atoms with Gasteiger partial charge in [-0.2, -0.15) is 0 Å². The maximum absolute atomic E-state index is 11.1. The van der Waals surface area contributed by atoms with Gasteiger partial charge < -0.3 is 0 Å². The minimum atomic E-state index is -2.98. The molecular formula is C8H19NO2S. The number of hydrogen-bond acceptors (Lipinski definition) is 2. The van der Waals surface area contributed by atoms with Crippen molar-refractivity contribution in [3.8, 4) is 0 Å². The van der Waals surface area contributed by atoms with Crippen molar-refractivity contribution in [2.75, 3.05) is 19.3 Å². The average Bonchev–Trinajstić information content (AvgIpc) is 1.85. The van der Waals surface area contributed by atoms with Gasteiger partial charge in [-0.25, -0.2) is 12.7 Å². The van der Waals surface area contributed by atoms with Gasteiger partial charge in [0.05, 0.1) is 6.26 Å². The lowest BCUT2D eigenvalue weighted by Crippen LogP contribution is -2.31. The van der Waals surface area contributed by atoms with Gasteiger partial charge in [0.15, 0.2) is 0 Å². The molecule has 0 spiro atoms. The van der Waals surface area contributed by atoms with Crippen LogP contribution in [0.15, 0.2) is 0 Å². The summed E-state index contributed by atoms with van der Waals surface area (Å²) in [6.07, 6.45) is 2.19. The van der Waals surface area contributed by atoms with Gasteiger partial charge in [-0.05, 0) is 12.3 Å². The molecule has 0 aliphatic rings. The Morgan fingerprint density at radius 3 is 2.08 bits per heavy atom. The summed E-state index contributed by atoms with van der Waals surface area (Å²) in [6, 6.07) is 0. The van der Waals surface area contributed by atoms with Gasteiger partial charge in [-0.1, -0.05) is 20.8 Å². The van der Waals surface area contributed by atoms with Crippen molar-refractivity contribution in [2.45, 2.75) is 27.2 Å². The molecule has 0 aliphatic heterocycles. The summed E-state index contributed by atoms with van der Waals surface area (Å²) in [5.41, 5.74) is 0. The highest BCUT2D eigenvalue weighted by Gasteiger charge is 2.13. The number of hydrogen-bond donors (Lipinski definition) is 0. The van der Waals surface area contributed by atoms with Gasteiger partial charge in [0.2, 0.25) is 10.0 Å². The predicted octanol–water partition coefficient (Wildman–Crippen LogP) is 1.31. The second-order valence-corrected chi connectivity index (χ2v) is 5.42. The standard InChI is InChI=1S/C8H19NO2S/c1-5-9(12(4,10)11)7-6-8(2)3/h8H,5-7H2,1-4H3. The van der Waals surface area contributed by atoms with Crippen LogP contribution in [-0.4, -0.2) is 32.1 Å². The van der Waals surface area contributed by atoms with E-state index in [0.29, 0.717) is 19.0 Å². The molecule has 0 fully saturated rings. The molecule has 0 bridgehead atoms. The highest BCUT2D eigenvalue weighted by molar-refractivity contribution is 7.88. The minimum Gasteiger partial charge on any atom is -0.213 e. The number of rotatable bonds is 5. The first-order chi connectivity index (χ1) is 5.38. The van der Waals surface area contributed by atoms with Gasteiger partial charge in [0.25, 0.3) is 0 Å². The molecule has 0 N–H and O–H groups in total. The quantitative estimate of drug-likeness (QED) is 0.660. The Balaban J connectivity index is 4.03. The lowest BCUT2D eigenvalue weighted by Gasteiger charge is -2.18. The van der Waals surface area contributed by atoms with E-state index in [4.69, 9.17) is 0 Å². The zero-order chi connectivity index (χ0) is 9.78. The van der Waals surface area contributed by atoms with E-state index < -0.39 is 10.0 Å². The molecule has 0 radical (unpaired) electrons. The van der Waals surface area contributed by atoms with Crippen molar-refractivity contribution in [3.63, 3.8) is 0 Å². The van der Waals surface area contributed by atoms with Crippen molar-refractivity contribution in [1.29, 1.82) is 0 Å². The normalized spacial score (nSPS) is 12.8. The molecule has 0 unspecified atom stereocenters. The van der Waals surface area contributed by atoms with Crippen LogP contribution >= 0.6 is 0 Å². The van der Waals surface area contributed by atoms with E-state index in [1.807, 2.05) is 6.92 Å². The van der Waals surface area contributed by atoms with Crippen molar-refractivity contribution >= 4 is 10.0 Å². The van der Waals surface area contributed by atoms with Crippen LogP contribution in [0.25, 0.3) is 0 Å².